The summed E-state index contributed by atoms with van der Waals surface area (Å²) >= 11 is 1.89. The molecular weight excluding hydrogens is 552 g/mol. The highest BCUT2D eigenvalue weighted by Crippen LogP contribution is 2.33. The number of aliphatic hydroxyl groups is 1. The minimum atomic E-state index is -1.46. The lowest BCUT2D eigenvalue weighted by Gasteiger charge is -2.19. The van der Waals surface area contributed by atoms with Crippen molar-refractivity contribution in [2.24, 2.45) is 0 Å². The molecule has 2 aliphatic heterocycles. The van der Waals surface area contributed by atoms with E-state index in [1.807, 2.05) is 11.8 Å². The van der Waals surface area contributed by atoms with Gasteiger partial charge in [-0.1, -0.05) is 19.4 Å². The van der Waals surface area contributed by atoms with Crippen LogP contribution in [-0.4, -0.2) is 110 Å². The molecule has 0 radical (unpaired) electrons. The van der Waals surface area contributed by atoms with Crippen molar-refractivity contribution in [1.29, 1.82) is 0 Å². The van der Waals surface area contributed by atoms with Gasteiger partial charge in [-0.05, 0) is 26.7 Å². The Hall–Kier alpha value is -2.19. The average Bonchev–Trinajstić information content (AvgIpc) is 3.50. The minimum absolute atomic E-state index is 0.0220. The first kappa shape index (κ1) is 35.0. The first-order valence-electron chi connectivity index (χ1n) is 14.5. The van der Waals surface area contributed by atoms with Crippen LogP contribution in [0.1, 0.15) is 59.3 Å². The fourth-order valence-electron chi connectivity index (χ4n) is 4.48. The third-order valence-electron chi connectivity index (χ3n) is 7.01. The van der Waals surface area contributed by atoms with Crippen molar-refractivity contribution >= 4 is 35.4 Å². The van der Waals surface area contributed by atoms with Crippen LogP contribution in [-0.2, 0) is 28.6 Å². The Morgan fingerprint density at radius 1 is 1.02 bits per heavy atom. The highest BCUT2D eigenvalue weighted by molar-refractivity contribution is 8.00. The normalized spacial score (nSPS) is 21.5. The van der Waals surface area contributed by atoms with Gasteiger partial charge in [0.1, 0.15) is 5.60 Å². The van der Waals surface area contributed by atoms with Gasteiger partial charge in [0.25, 0.3) is 0 Å². The summed E-state index contributed by atoms with van der Waals surface area (Å²) in [7, 11) is 0. The molecule has 13 heteroatoms. The van der Waals surface area contributed by atoms with Crippen LogP contribution >= 0.6 is 11.8 Å². The smallest absolute Gasteiger partial charge is 0.315 e. The SMILES string of the molecule is CCC(=O)C(C)(O)C/C=C(/C)C(=O)NCCOCCOCCOCCNC(=O)CCCC[C@H]1SCC2NC(=O)NC21. The zero-order valence-corrected chi connectivity index (χ0v) is 25.4. The van der Waals surface area contributed by atoms with Crippen molar-refractivity contribution in [2.45, 2.75) is 82.2 Å². The lowest BCUT2D eigenvalue weighted by molar-refractivity contribution is -0.135. The summed E-state index contributed by atoms with van der Waals surface area (Å²) < 4.78 is 16.3. The number of hydrogen-bond donors (Lipinski definition) is 5. The van der Waals surface area contributed by atoms with Crippen LogP contribution in [0.3, 0.4) is 0 Å². The highest BCUT2D eigenvalue weighted by atomic mass is 32.2. The number of rotatable bonds is 22. The van der Waals surface area contributed by atoms with Crippen molar-refractivity contribution in [3.8, 4) is 0 Å². The molecule has 0 spiro atoms. The average molecular weight is 601 g/mol. The second kappa shape index (κ2) is 19.1. The molecule has 2 aliphatic rings. The van der Waals surface area contributed by atoms with E-state index in [9.17, 15) is 24.3 Å². The van der Waals surface area contributed by atoms with Gasteiger partial charge in [0.05, 0.1) is 51.7 Å². The predicted molar refractivity (Wildman–Crippen MR) is 157 cm³/mol. The Morgan fingerprint density at radius 3 is 2.32 bits per heavy atom. The second-order valence-electron chi connectivity index (χ2n) is 10.5. The predicted octanol–water partition coefficient (Wildman–Crippen LogP) is 1.06. The molecule has 41 heavy (non-hydrogen) atoms. The fraction of sp³-hybridized carbons (Fsp3) is 0.786. The van der Waals surface area contributed by atoms with Crippen molar-refractivity contribution in [1.82, 2.24) is 21.3 Å². The Bertz CT molecular complexity index is 885. The molecule has 2 fully saturated rings. The van der Waals surface area contributed by atoms with Crippen LogP contribution in [0.4, 0.5) is 4.79 Å². The van der Waals surface area contributed by atoms with Gasteiger partial charge in [0.15, 0.2) is 5.78 Å². The molecule has 0 aromatic heterocycles. The molecule has 2 heterocycles. The number of thioether (sulfide) groups is 1. The molecular formula is C28H48N4O8S. The molecule has 5 N–H and O–H groups in total. The van der Waals surface area contributed by atoms with E-state index in [4.69, 9.17) is 14.2 Å². The first-order valence-corrected chi connectivity index (χ1v) is 15.6. The highest BCUT2D eigenvalue weighted by Gasteiger charge is 2.42. The number of Topliss-reactive ketones (excluding diaryl/α,β-unsaturated/α-hetero) is 1. The van der Waals surface area contributed by atoms with E-state index in [-0.39, 0.29) is 48.6 Å². The molecule has 234 valence electrons. The van der Waals surface area contributed by atoms with Crippen LogP contribution in [0.5, 0.6) is 0 Å². The second-order valence-corrected chi connectivity index (χ2v) is 11.7. The Kier molecular flexibility index (Phi) is 16.3. The Labute approximate surface area is 247 Å². The van der Waals surface area contributed by atoms with Gasteiger partial charge in [-0.25, -0.2) is 4.79 Å². The maximum absolute atomic E-state index is 12.1. The lowest BCUT2D eigenvalue weighted by Crippen LogP contribution is -2.36. The number of unbranched alkanes of at least 4 members (excludes halogenated alkanes) is 1. The molecule has 2 saturated heterocycles. The fourth-order valence-corrected chi connectivity index (χ4v) is 6.03. The van der Waals surface area contributed by atoms with Crippen LogP contribution in [0.25, 0.3) is 0 Å². The third-order valence-corrected chi connectivity index (χ3v) is 8.52. The number of hydrogen-bond acceptors (Lipinski definition) is 9. The number of carbonyl (C=O) groups is 4. The summed E-state index contributed by atoms with van der Waals surface area (Å²) in [4.78, 5) is 47.2. The molecule has 4 atom stereocenters. The van der Waals surface area contributed by atoms with E-state index in [0.717, 1.165) is 25.0 Å². The monoisotopic (exact) mass is 600 g/mol. The van der Waals surface area contributed by atoms with Crippen molar-refractivity contribution in [3.63, 3.8) is 0 Å². The van der Waals surface area contributed by atoms with Crippen LogP contribution in [0, 0.1) is 0 Å². The van der Waals surface area contributed by atoms with E-state index < -0.39 is 5.60 Å². The summed E-state index contributed by atoms with van der Waals surface area (Å²) in [5, 5.41) is 22.1. The van der Waals surface area contributed by atoms with Crippen molar-refractivity contribution in [2.75, 3.05) is 58.5 Å². The molecule has 0 aliphatic carbocycles. The van der Waals surface area contributed by atoms with Gasteiger partial charge >= 0.3 is 6.03 Å². The zero-order chi connectivity index (χ0) is 30.1. The Balaban J connectivity index is 1.33. The topological polar surface area (TPSA) is 164 Å². The molecule has 0 bridgehead atoms. The van der Waals surface area contributed by atoms with E-state index in [0.29, 0.717) is 70.0 Å². The van der Waals surface area contributed by atoms with Crippen LogP contribution in [0.2, 0.25) is 0 Å². The van der Waals surface area contributed by atoms with Gasteiger partial charge in [0.2, 0.25) is 11.8 Å². The molecule has 0 aromatic rings. The lowest BCUT2D eigenvalue weighted by atomic mass is 9.94. The summed E-state index contributed by atoms with van der Waals surface area (Å²) in [6, 6.07) is 0.380. The van der Waals surface area contributed by atoms with E-state index in [1.165, 1.54) is 6.92 Å². The number of urea groups is 1. The largest absolute Gasteiger partial charge is 0.382 e. The number of amides is 4. The number of nitrogens with one attached hydrogen (secondary N) is 4. The molecule has 0 saturated carbocycles. The number of ketones is 1. The quantitative estimate of drug-likeness (QED) is 0.0694. The van der Waals surface area contributed by atoms with Gasteiger partial charge in [-0.15, -0.1) is 0 Å². The standard InChI is InChI=1S/C28H48N4O8S/c1-4-23(33)28(3,37)10-9-20(2)26(35)30-12-14-39-16-18-40-17-15-38-13-11-29-24(34)8-6-5-7-22-25-21(19-41-22)31-27(36)32-25/h9,21-22,25,37H,4-8,10-19H2,1-3H3,(H,29,34)(H,30,35)(H2,31,32,36)/b20-9-/t21?,22-,25?,28?/m1/s1. The van der Waals surface area contributed by atoms with Gasteiger partial charge in [0, 0.05) is 48.9 Å². The van der Waals surface area contributed by atoms with Crippen LogP contribution < -0.4 is 21.3 Å². The molecule has 2 rings (SSSR count). The maximum Gasteiger partial charge on any atom is 0.315 e. The van der Waals surface area contributed by atoms with Gasteiger partial charge in [-0.2, -0.15) is 11.8 Å². The molecule has 12 nitrogen and oxygen atoms in total. The third kappa shape index (κ3) is 13.6. The summed E-state index contributed by atoms with van der Waals surface area (Å²) in [5.41, 5.74) is -1.03. The van der Waals surface area contributed by atoms with Crippen LogP contribution in [0.15, 0.2) is 11.6 Å². The molecule has 4 amide bonds. The first-order chi connectivity index (χ1) is 19.6. The zero-order valence-electron chi connectivity index (χ0n) is 24.6. The minimum Gasteiger partial charge on any atom is -0.382 e. The maximum atomic E-state index is 12.1. The summed E-state index contributed by atoms with van der Waals surface area (Å²) in [6.07, 6.45) is 5.18. The summed E-state index contributed by atoms with van der Waals surface area (Å²) in [6.45, 7) is 7.94. The number of carbonyl (C=O) groups excluding carboxylic acids is 4. The summed E-state index contributed by atoms with van der Waals surface area (Å²) in [5.74, 6) is 0.442. The van der Waals surface area contributed by atoms with E-state index in [1.54, 1.807) is 19.9 Å². The molecule has 0 aromatic carbocycles. The van der Waals surface area contributed by atoms with E-state index in [2.05, 4.69) is 21.3 Å². The molecule has 3 unspecified atom stereocenters. The number of ether oxygens (including phenoxy) is 3. The number of fused-ring (bicyclic) bond motifs is 1. The van der Waals surface area contributed by atoms with Gasteiger partial charge in [-0.3, -0.25) is 14.4 Å². The Morgan fingerprint density at radius 2 is 1.66 bits per heavy atom. The van der Waals surface area contributed by atoms with Crippen molar-refractivity contribution in [3.05, 3.63) is 11.6 Å². The van der Waals surface area contributed by atoms with Gasteiger partial charge < -0.3 is 40.6 Å². The van der Waals surface area contributed by atoms with E-state index >= 15 is 0 Å². The van der Waals surface area contributed by atoms with Crippen molar-refractivity contribution < 1.29 is 38.5 Å².